The van der Waals surface area contributed by atoms with Crippen molar-refractivity contribution in [3.63, 3.8) is 0 Å². The van der Waals surface area contributed by atoms with E-state index in [1.165, 1.54) is 0 Å². The lowest BCUT2D eigenvalue weighted by atomic mass is 10.5. The molecule has 0 aliphatic carbocycles. The van der Waals surface area contributed by atoms with Crippen LogP contribution in [0, 0.1) is 0 Å². The zero-order chi connectivity index (χ0) is 8.10. The molecular formula is C7H10N3O+. The van der Waals surface area contributed by atoms with Crippen LogP contribution in [0.1, 0.15) is 0 Å². The summed E-state index contributed by atoms with van der Waals surface area (Å²) in [5.41, 5.74) is 1.98. The average Bonchev–Trinajstić information content (AvgIpc) is 2.09. The minimum absolute atomic E-state index is 0.394. The summed E-state index contributed by atoms with van der Waals surface area (Å²) in [5.74, 6) is 0.394. The number of nitrogens with one attached hydrogen (secondary N) is 1. The molecular weight excluding hydrogens is 142 g/mol. The molecule has 0 amide bonds. The maximum atomic E-state index is 8.58. The van der Waals surface area contributed by atoms with E-state index in [0.29, 0.717) is 5.96 Å². The second-order valence-electron chi connectivity index (χ2n) is 1.94. The molecule has 2 N–H and O–H groups in total. The van der Waals surface area contributed by atoms with E-state index in [2.05, 4.69) is 4.99 Å². The van der Waals surface area contributed by atoms with Crippen LogP contribution in [0.5, 0.6) is 0 Å². The highest BCUT2D eigenvalue weighted by molar-refractivity contribution is 5.68. The second kappa shape index (κ2) is 3.68. The van der Waals surface area contributed by atoms with E-state index in [1.54, 1.807) is 24.0 Å². The van der Waals surface area contributed by atoms with E-state index < -0.39 is 0 Å². The van der Waals surface area contributed by atoms with Crippen LogP contribution < -0.4 is 10.0 Å². The fourth-order valence-electron chi connectivity index (χ4n) is 0.763. The van der Waals surface area contributed by atoms with Gasteiger partial charge in [-0.15, -0.1) is 10.5 Å². The molecule has 1 heterocycles. The maximum Gasteiger partial charge on any atom is 0.418 e. The van der Waals surface area contributed by atoms with Gasteiger partial charge in [0.1, 0.15) is 0 Å². The molecule has 0 unspecified atom stereocenters. The van der Waals surface area contributed by atoms with Gasteiger partial charge in [0.15, 0.2) is 0 Å². The Morgan fingerprint density at radius 2 is 2.00 bits per heavy atom. The predicted molar refractivity (Wildman–Crippen MR) is 40.3 cm³/mol. The molecule has 1 aromatic heterocycles. The highest BCUT2D eigenvalue weighted by Crippen LogP contribution is 1.75. The molecule has 1 aromatic rings. The largest absolute Gasteiger partial charge is 0.418 e. The first kappa shape index (κ1) is 7.68. The molecule has 0 aliphatic rings. The summed E-state index contributed by atoms with van der Waals surface area (Å²) in [5, 5.41) is 8.58. The molecule has 0 fully saturated rings. The van der Waals surface area contributed by atoms with Crippen LogP contribution in [0.4, 0.5) is 0 Å². The lowest BCUT2D eigenvalue weighted by molar-refractivity contribution is -0.562. The molecule has 58 valence electrons. The SMILES string of the molecule is CN=C(NO)[n+]1ccccc1. The van der Waals surface area contributed by atoms with Crippen molar-refractivity contribution in [3.05, 3.63) is 30.6 Å². The van der Waals surface area contributed by atoms with Crippen LogP contribution in [0.2, 0.25) is 0 Å². The van der Waals surface area contributed by atoms with Crippen molar-refractivity contribution in [2.45, 2.75) is 0 Å². The van der Waals surface area contributed by atoms with Crippen molar-refractivity contribution >= 4 is 5.96 Å². The summed E-state index contributed by atoms with van der Waals surface area (Å²) in [4.78, 5) is 3.80. The number of pyridine rings is 1. The minimum atomic E-state index is 0.394. The maximum absolute atomic E-state index is 8.58. The quantitative estimate of drug-likeness (QED) is 0.234. The second-order valence-corrected chi connectivity index (χ2v) is 1.94. The molecule has 0 bridgehead atoms. The molecule has 11 heavy (non-hydrogen) atoms. The van der Waals surface area contributed by atoms with E-state index in [-0.39, 0.29) is 0 Å². The van der Waals surface area contributed by atoms with Crippen LogP contribution >= 0.6 is 0 Å². The molecule has 0 radical (unpaired) electrons. The molecule has 4 nitrogen and oxygen atoms in total. The molecule has 0 aromatic carbocycles. The zero-order valence-corrected chi connectivity index (χ0v) is 6.23. The smallest absolute Gasteiger partial charge is 0.235 e. The molecule has 0 saturated carbocycles. The van der Waals surface area contributed by atoms with Gasteiger partial charge in [0.2, 0.25) is 0 Å². The number of hydrogen-bond acceptors (Lipinski definition) is 2. The summed E-state index contributed by atoms with van der Waals surface area (Å²) >= 11 is 0. The van der Waals surface area contributed by atoms with E-state index in [9.17, 15) is 0 Å². The van der Waals surface area contributed by atoms with Gasteiger partial charge >= 0.3 is 5.96 Å². The highest BCUT2D eigenvalue weighted by atomic mass is 16.5. The minimum Gasteiger partial charge on any atom is -0.235 e. The standard InChI is InChI=1S/C7H10N3O/c1-8-7(9-11)10-5-3-2-4-6-10/h2-6,11H,1H3,(H,8,9)/q+1. The van der Waals surface area contributed by atoms with Gasteiger partial charge in [-0.2, -0.15) is 0 Å². The Kier molecular flexibility index (Phi) is 2.57. The topological polar surface area (TPSA) is 48.5 Å². The monoisotopic (exact) mass is 152 g/mol. The number of nitrogens with zero attached hydrogens (tertiary/aromatic N) is 2. The molecule has 0 spiro atoms. The van der Waals surface area contributed by atoms with Gasteiger partial charge in [-0.25, -0.2) is 9.77 Å². The van der Waals surface area contributed by atoms with Gasteiger partial charge in [0.05, 0.1) is 19.4 Å². The third-order valence-electron chi connectivity index (χ3n) is 1.27. The van der Waals surface area contributed by atoms with E-state index in [4.69, 9.17) is 5.21 Å². The van der Waals surface area contributed by atoms with Gasteiger partial charge in [-0.1, -0.05) is 6.07 Å². The lowest BCUT2D eigenvalue weighted by Gasteiger charge is -1.95. The summed E-state index contributed by atoms with van der Waals surface area (Å²) < 4.78 is 1.67. The summed E-state index contributed by atoms with van der Waals surface area (Å²) in [6.07, 6.45) is 3.57. The van der Waals surface area contributed by atoms with Crippen molar-refractivity contribution < 1.29 is 9.77 Å². The third kappa shape index (κ3) is 1.75. The van der Waals surface area contributed by atoms with Crippen molar-refractivity contribution in [1.29, 1.82) is 0 Å². The van der Waals surface area contributed by atoms with Gasteiger partial charge in [-0.05, 0) is 12.1 Å². The number of hydroxylamine groups is 1. The first-order chi connectivity index (χ1) is 5.38. The van der Waals surface area contributed by atoms with Gasteiger partial charge in [0, 0.05) is 0 Å². The van der Waals surface area contributed by atoms with Crippen LogP contribution in [-0.4, -0.2) is 18.2 Å². The predicted octanol–water partition coefficient (Wildman–Crippen LogP) is -0.213. The fraction of sp³-hybridized carbons (Fsp3) is 0.143. The Bertz CT molecular complexity index is 245. The molecule has 4 heteroatoms. The van der Waals surface area contributed by atoms with E-state index >= 15 is 0 Å². The Balaban J connectivity index is 2.92. The molecule has 0 saturated heterocycles. The van der Waals surface area contributed by atoms with Crippen LogP contribution in [-0.2, 0) is 0 Å². The Morgan fingerprint density at radius 1 is 1.36 bits per heavy atom. The summed E-state index contributed by atoms with van der Waals surface area (Å²) in [7, 11) is 1.60. The van der Waals surface area contributed by atoms with Crippen LogP contribution in [0.3, 0.4) is 0 Å². The van der Waals surface area contributed by atoms with Crippen molar-refractivity contribution in [3.8, 4) is 0 Å². The average molecular weight is 152 g/mol. The van der Waals surface area contributed by atoms with Crippen molar-refractivity contribution in [1.82, 2.24) is 5.48 Å². The van der Waals surface area contributed by atoms with Gasteiger partial charge < -0.3 is 0 Å². The normalized spacial score (nSPS) is 11.3. The Hall–Kier alpha value is -1.42. The van der Waals surface area contributed by atoms with Crippen molar-refractivity contribution in [2.24, 2.45) is 4.99 Å². The first-order valence-electron chi connectivity index (χ1n) is 3.22. The first-order valence-corrected chi connectivity index (χ1v) is 3.22. The number of rotatable bonds is 0. The lowest BCUT2D eigenvalue weighted by Crippen LogP contribution is -2.49. The van der Waals surface area contributed by atoms with Crippen LogP contribution in [0.15, 0.2) is 35.6 Å². The van der Waals surface area contributed by atoms with Crippen molar-refractivity contribution in [2.75, 3.05) is 7.05 Å². The summed E-state index contributed by atoms with van der Waals surface area (Å²) in [6.45, 7) is 0. The number of hydrogen-bond donors (Lipinski definition) is 2. The molecule has 0 aliphatic heterocycles. The zero-order valence-electron chi connectivity index (χ0n) is 6.23. The Labute approximate surface area is 64.8 Å². The number of aliphatic imine (C=N–C) groups is 1. The molecule has 0 atom stereocenters. The van der Waals surface area contributed by atoms with Gasteiger partial charge in [-0.3, -0.25) is 0 Å². The Morgan fingerprint density at radius 3 is 2.45 bits per heavy atom. The van der Waals surface area contributed by atoms with E-state index in [1.807, 2.05) is 23.7 Å². The van der Waals surface area contributed by atoms with E-state index in [0.717, 1.165) is 0 Å². The number of aromatic nitrogens is 1. The third-order valence-corrected chi connectivity index (χ3v) is 1.27. The van der Waals surface area contributed by atoms with Gasteiger partial charge in [0.25, 0.3) is 0 Å². The fourth-order valence-corrected chi connectivity index (χ4v) is 0.763. The highest BCUT2D eigenvalue weighted by Gasteiger charge is 2.04. The summed E-state index contributed by atoms with van der Waals surface area (Å²) in [6, 6.07) is 5.59. The van der Waals surface area contributed by atoms with Crippen LogP contribution in [0.25, 0.3) is 0 Å². The molecule has 1 rings (SSSR count).